The van der Waals surface area contributed by atoms with Gasteiger partial charge >= 0.3 is 6.09 Å². The molecule has 1 aliphatic heterocycles. The number of ether oxygens (including phenoxy) is 1. The Balaban J connectivity index is 2.45. The lowest BCUT2D eigenvalue weighted by Crippen LogP contribution is -2.61. The van der Waals surface area contributed by atoms with E-state index >= 15 is 0 Å². The van der Waals surface area contributed by atoms with Crippen molar-refractivity contribution in [2.45, 2.75) is 38.8 Å². The Kier molecular flexibility index (Phi) is 5.01. The number of sulfonamides is 1. The third-order valence-corrected chi connectivity index (χ3v) is 5.74. The summed E-state index contributed by atoms with van der Waals surface area (Å²) < 4.78 is 31.2. The maximum atomic E-state index is 12.6. The van der Waals surface area contributed by atoms with Gasteiger partial charge in [0.1, 0.15) is 5.60 Å². The van der Waals surface area contributed by atoms with Crippen LogP contribution >= 0.6 is 0 Å². The van der Waals surface area contributed by atoms with Crippen LogP contribution in [0.25, 0.3) is 0 Å². The van der Waals surface area contributed by atoms with E-state index in [2.05, 4.69) is 10.3 Å². The molecule has 0 radical (unpaired) electrons. The molecule has 0 aliphatic carbocycles. The van der Waals surface area contributed by atoms with Crippen LogP contribution in [0.2, 0.25) is 0 Å². The van der Waals surface area contributed by atoms with Crippen LogP contribution in [-0.2, 0) is 20.3 Å². The Labute approximate surface area is 153 Å². The standard InChI is InChI=1S/C17H22N4O4S/c1-16(2,3)25-15(22)19-14-20-17(4,11-26(23,24)21(14)5)13-8-6-7-12(9-13)10-18/h6-9H,11H2,1-5H3,(H,19,20,22)/t17-/m0/s1. The number of carbonyl (C=O) groups is 1. The minimum atomic E-state index is -3.73. The van der Waals surface area contributed by atoms with E-state index < -0.39 is 27.3 Å². The third kappa shape index (κ3) is 4.32. The number of hydrogen-bond donors (Lipinski definition) is 1. The highest BCUT2D eigenvalue weighted by molar-refractivity contribution is 7.89. The molecule has 9 heteroatoms. The Hall–Kier alpha value is -2.60. The maximum absolute atomic E-state index is 12.6. The van der Waals surface area contributed by atoms with E-state index in [9.17, 15) is 13.2 Å². The second-order valence-corrected chi connectivity index (χ2v) is 9.29. The van der Waals surface area contributed by atoms with E-state index in [4.69, 9.17) is 10.00 Å². The lowest BCUT2D eigenvalue weighted by Gasteiger charge is -2.40. The topological polar surface area (TPSA) is 112 Å². The molecule has 1 atom stereocenters. The summed E-state index contributed by atoms with van der Waals surface area (Å²) in [5.41, 5.74) is -0.797. The smallest absolute Gasteiger partial charge is 0.437 e. The first-order valence-electron chi connectivity index (χ1n) is 7.93. The molecule has 0 bridgehead atoms. The van der Waals surface area contributed by atoms with Gasteiger partial charge in [0.15, 0.2) is 0 Å². The molecular weight excluding hydrogens is 356 g/mol. The van der Waals surface area contributed by atoms with Gasteiger partial charge in [0, 0.05) is 7.05 Å². The fourth-order valence-corrected chi connectivity index (χ4v) is 4.02. The highest BCUT2D eigenvalue weighted by atomic mass is 32.2. The van der Waals surface area contributed by atoms with Crippen LogP contribution in [-0.4, -0.2) is 43.2 Å². The number of benzene rings is 1. The molecule has 0 spiro atoms. The molecule has 1 fully saturated rings. The van der Waals surface area contributed by atoms with Gasteiger partial charge < -0.3 is 10.1 Å². The SMILES string of the molecule is CN1/C(=N\C(=O)OC(C)(C)C)N[C@](C)(c2cccc(C#N)c2)CS1(=O)=O. The van der Waals surface area contributed by atoms with Gasteiger partial charge in [-0.1, -0.05) is 12.1 Å². The van der Waals surface area contributed by atoms with Gasteiger partial charge in [-0.3, -0.25) is 0 Å². The van der Waals surface area contributed by atoms with E-state index in [0.29, 0.717) is 11.1 Å². The lowest BCUT2D eigenvalue weighted by molar-refractivity contribution is 0.0602. The van der Waals surface area contributed by atoms with Gasteiger partial charge in [-0.2, -0.15) is 5.26 Å². The zero-order chi connectivity index (χ0) is 19.8. The molecule has 0 saturated carbocycles. The Morgan fingerprint density at radius 1 is 1.42 bits per heavy atom. The molecule has 1 N–H and O–H groups in total. The van der Waals surface area contributed by atoms with E-state index in [-0.39, 0.29) is 11.7 Å². The first-order valence-corrected chi connectivity index (χ1v) is 9.54. The quantitative estimate of drug-likeness (QED) is 0.799. The number of hydrogen-bond acceptors (Lipinski definition) is 5. The summed E-state index contributed by atoms with van der Waals surface area (Å²) in [7, 11) is -2.41. The average Bonchev–Trinajstić information content (AvgIpc) is 2.50. The van der Waals surface area contributed by atoms with Crippen molar-refractivity contribution in [3.8, 4) is 6.07 Å². The summed E-state index contributed by atoms with van der Waals surface area (Å²) in [5, 5.41) is 12.1. The predicted molar refractivity (Wildman–Crippen MR) is 96.9 cm³/mol. The van der Waals surface area contributed by atoms with Crippen molar-refractivity contribution >= 4 is 22.1 Å². The normalized spacial score (nSPS) is 23.8. The Morgan fingerprint density at radius 2 is 2.08 bits per heavy atom. The second kappa shape index (κ2) is 6.61. The van der Waals surface area contributed by atoms with Gasteiger partial charge in [0.2, 0.25) is 16.0 Å². The Bertz CT molecular complexity index is 896. The molecular formula is C17H22N4O4S. The predicted octanol–water partition coefficient (Wildman–Crippen LogP) is 1.93. The van der Waals surface area contributed by atoms with Gasteiger partial charge in [-0.25, -0.2) is 17.5 Å². The molecule has 1 aromatic carbocycles. The van der Waals surface area contributed by atoms with Crippen molar-refractivity contribution in [1.82, 2.24) is 9.62 Å². The molecule has 140 valence electrons. The maximum Gasteiger partial charge on any atom is 0.437 e. The van der Waals surface area contributed by atoms with E-state index in [1.54, 1.807) is 52.0 Å². The highest BCUT2D eigenvalue weighted by Crippen LogP contribution is 2.28. The van der Waals surface area contributed by atoms with Gasteiger partial charge in [0.25, 0.3) is 0 Å². The van der Waals surface area contributed by atoms with Gasteiger partial charge in [-0.15, -0.1) is 4.99 Å². The molecule has 8 nitrogen and oxygen atoms in total. The highest BCUT2D eigenvalue weighted by Gasteiger charge is 2.43. The zero-order valence-corrected chi connectivity index (χ0v) is 16.2. The molecule has 26 heavy (non-hydrogen) atoms. The summed E-state index contributed by atoms with van der Waals surface area (Å²) in [6.45, 7) is 6.75. The summed E-state index contributed by atoms with van der Waals surface area (Å²) in [6.07, 6.45) is -0.892. The van der Waals surface area contributed by atoms with Crippen molar-refractivity contribution in [3.63, 3.8) is 0 Å². The Morgan fingerprint density at radius 3 is 2.65 bits per heavy atom. The van der Waals surface area contributed by atoms with Gasteiger partial charge in [-0.05, 0) is 45.4 Å². The number of amides is 1. The van der Waals surface area contributed by atoms with Crippen molar-refractivity contribution in [2.75, 3.05) is 12.8 Å². The van der Waals surface area contributed by atoms with Crippen molar-refractivity contribution in [1.29, 1.82) is 5.26 Å². The number of nitriles is 1. The first-order chi connectivity index (χ1) is 11.9. The molecule has 0 aromatic heterocycles. The van der Waals surface area contributed by atoms with Crippen LogP contribution < -0.4 is 5.32 Å². The summed E-state index contributed by atoms with van der Waals surface area (Å²) in [5.74, 6) is -0.381. The van der Waals surface area contributed by atoms with E-state index in [1.165, 1.54) is 7.05 Å². The molecule has 1 amide bonds. The second-order valence-electron chi connectivity index (χ2n) is 7.29. The number of carbonyl (C=O) groups excluding carboxylic acids is 1. The first kappa shape index (κ1) is 19.7. The van der Waals surface area contributed by atoms with Crippen molar-refractivity contribution in [2.24, 2.45) is 4.99 Å². The molecule has 2 rings (SSSR count). The van der Waals surface area contributed by atoms with Crippen LogP contribution in [0.3, 0.4) is 0 Å². The molecule has 1 saturated heterocycles. The number of guanidine groups is 1. The number of nitrogens with one attached hydrogen (secondary N) is 1. The number of nitrogens with zero attached hydrogens (tertiary/aromatic N) is 3. The molecule has 1 heterocycles. The van der Waals surface area contributed by atoms with Crippen molar-refractivity contribution in [3.05, 3.63) is 35.4 Å². The van der Waals surface area contributed by atoms with Crippen LogP contribution in [0.5, 0.6) is 0 Å². The number of aliphatic imine (C=N–C) groups is 1. The third-order valence-electron chi connectivity index (χ3n) is 3.79. The van der Waals surface area contributed by atoms with E-state index in [1.807, 2.05) is 6.07 Å². The zero-order valence-electron chi connectivity index (χ0n) is 15.4. The molecule has 1 aliphatic rings. The monoisotopic (exact) mass is 378 g/mol. The fourth-order valence-electron chi connectivity index (χ4n) is 2.51. The fraction of sp³-hybridized carbons (Fsp3) is 0.471. The van der Waals surface area contributed by atoms with Crippen LogP contribution in [0.4, 0.5) is 4.79 Å². The summed E-state index contributed by atoms with van der Waals surface area (Å²) in [6, 6.07) is 8.67. The van der Waals surface area contributed by atoms with Crippen LogP contribution in [0.15, 0.2) is 29.3 Å². The van der Waals surface area contributed by atoms with Gasteiger partial charge in [0.05, 0.1) is 22.9 Å². The molecule has 1 aromatic rings. The lowest BCUT2D eigenvalue weighted by atomic mass is 9.92. The number of rotatable bonds is 1. The van der Waals surface area contributed by atoms with Crippen molar-refractivity contribution < 1.29 is 17.9 Å². The van der Waals surface area contributed by atoms with E-state index in [0.717, 1.165) is 4.31 Å². The summed E-state index contributed by atoms with van der Waals surface area (Å²) >= 11 is 0. The van der Waals surface area contributed by atoms with Crippen LogP contribution in [0.1, 0.15) is 38.8 Å². The average molecular weight is 378 g/mol. The minimum absolute atomic E-state index is 0.129. The molecule has 0 unspecified atom stereocenters. The largest absolute Gasteiger partial charge is 0.442 e. The summed E-state index contributed by atoms with van der Waals surface area (Å²) in [4.78, 5) is 15.8. The minimum Gasteiger partial charge on any atom is -0.442 e. The van der Waals surface area contributed by atoms with Crippen LogP contribution in [0, 0.1) is 11.3 Å².